The van der Waals surface area contributed by atoms with E-state index in [1.54, 1.807) is 17.0 Å². The minimum absolute atomic E-state index is 0.00679. The summed E-state index contributed by atoms with van der Waals surface area (Å²) in [6.07, 6.45) is 1.33. The number of benzene rings is 2. The SMILES string of the molecule is Cc1cccc(C)c1N1C(=O)CC(c2ccc(Cl)cc2Cl)C2=C1CC(C)(C)CC2=O. The maximum absolute atomic E-state index is 13.5. The summed E-state index contributed by atoms with van der Waals surface area (Å²) >= 11 is 12.6. The van der Waals surface area contributed by atoms with Crippen molar-refractivity contribution >= 4 is 40.6 Å². The molecule has 1 unspecified atom stereocenters. The summed E-state index contributed by atoms with van der Waals surface area (Å²) in [5, 5.41) is 1.03. The number of rotatable bonds is 2. The summed E-state index contributed by atoms with van der Waals surface area (Å²) in [4.78, 5) is 28.7. The van der Waals surface area contributed by atoms with Crippen molar-refractivity contribution < 1.29 is 9.59 Å². The Kier molecular flexibility index (Phi) is 5.32. The van der Waals surface area contributed by atoms with Gasteiger partial charge in [-0.1, -0.05) is 61.3 Å². The summed E-state index contributed by atoms with van der Waals surface area (Å²) in [6, 6.07) is 11.3. The summed E-state index contributed by atoms with van der Waals surface area (Å²) < 4.78 is 0. The molecule has 2 aliphatic rings. The van der Waals surface area contributed by atoms with Crippen molar-refractivity contribution in [2.45, 2.75) is 52.9 Å². The first-order valence-electron chi connectivity index (χ1n) is 10.2. The predicted octanol–water partition coefficient (Wildman–Crippen LogP) is 6.77. The van der Waals surface area contributed by atoms with E-state index in [4.69, 9.17) is 23.2 Å². The van der Waals surface area contributed by atoms with Crippen LogP contribution in [0, 0.1) is 19.3 Å². The third kappa shape index (κ3) is 3.59. The highest BCUT2D eigenvalue weighted by Gasteiger charge is 2.45. The Morgan fingerprint density at radius 3 is 2.30 bits per heavy atom. The highest BCUT2D eigenvalue weighted by atomic mass is 35.5. The van der Waals surface area contributed by atoms with E-state index in [1.807, 2.05) is 38.1 Å². The Hall–Kier alpha value is -2.10. The molecule has 5 heteroatoms. The first kappa shape index (κ1) is 21.1. The monoisotopic (exact) mass is 441 g/mol. The maximum atomic E-state index is 13.5. The molecule has 0 bridgehead atoms. The molecule has 2 aromatic carbocycles. The zero-order valence-corrected chi connectivity index (χ0v) is 19.2. The molecule has 1 aliphatic carbocycles. The average molecular weight is 442 g/mol. The molecule has 0 saturated heterocycles. The molecule has 1 amide bonds. The van der Waals surface area contributed by atoms with Gasteiger partial charge in [-0.05, 0) is 54.5 Å². The predicted molar refractivity (Wildman–Crippen MR) is 122 cm³/mol. The molecule has 0 fully saturated rings. The number of carbonyl (C=O) groups is 2. The molecule has 0 aromatic heterocycles. The minimum atomic E-state index is -0.346. The number of ketones is 1. The fraction of sp³-hybridized carbons (Fsp3) is 0.360. The number of aryl methyl sites for hydroxylation is 2. The van der Waals surface area contributed by atoms with Crippen molar-refractivity contribution in [1.82, 2.24) is 0 Å². The lowest BCUT2D eigenvalue weighted by molar-refractivity contribution is -0.121. The van der Waals surface area contributed by atoms with Crippen molar-refractivity contribution in [1.29, 1.82) is 0 Å². The van der Waals surface area contributed by atoms with Crippen LogP contribution in [0.15, 0.2) is 47.7 Å². The van der Waals surface area contributed by atoms with Crippen LogP contribution in [0.2, 0.25) is 10.0 Å². The normalized spacial score (nSPS) is 21.1. The topological polar surface area (TPSA) is 37.4 Å². The molecule has 0 saturated carbocycles. The highest BCUT2D eigenvalue weighted by molar-refractivity contribution is 6.35. The van der Waals surface area contributed by atoms with Gasteiger partial charge in [-0.2, -0.15) is 0 Å². The van der Waals surface area contributed by atoms with E-state index in [0.717, 1.165) is 33.6 Å². The highest BCUT2D eigenvalue weighted by Crippen LogP contribution is 2.50. The molecule has 1 atom stereocenters. The van der Waals surface area contributed by atoms with Gasteiger partial charge in [-0.25, -0.2) is 0 Å². The number of halogens is 2. The van der Waals surface area contributed by atoms with E-state index in [9.17, 15) is 9.59 Å². The van der Waals surface area contributed by atoms with Crippen LogP contribution in [0.25, 0.3) is 0 Å². The van der Waals surface area contributed by atoms with Crippen LogP contribution < -0.4 is 4.90 Å². The van der Waals surface area contributed by atoms with E-state index < -0.39 is 0 Å². The molecule has 30 heavy (non-hydrogen) atoms. The second-order valence-corrected chi connectivity index (χ2v) is 10.0. The number of hydrogen-bond acceptors (Lipinski definition) is 2. The van der Waals surface area contributed by atoms with Crippen LogP contribution in [-0.4, -0.2) is 11.7 Å². The van der Waals surface area contributed by atoms with Crippen molar-refractivity contribution in [3.05, 3.63) is 74.4 Å². The van der Waals surface area contributed by atoms with Gasteiger partial charge in [-0.3, -0.25) is 14.5 Å². The molecule has 4 rings (SSSR count). The van der Waals surface area contributed by atoms with Gasteiger partial charge >= 0.3 is 0 Å². The van der Waals surface area contributed by atoms with Crippen molar-refractivity contribution in [2.24, 2.45) is 5.41 Å². The van der Waals surface area contributed by atoms with Gasteiger partial charge in [0.15, 0.2) is 5.78 Å². The van der Waals surface area contributed by atoms with Crippen molar-refractivity contribution in [2.75, 3.05) is 4.90 Å². The lowest BCUT2D eigenvalue weighted by atomic mass is 9.69. The van der Waals surface area contributed by atoms with Crippen LogP contribution in [0.4, 0.5) is 5.69 Å². The number of amides is 1. The van der Waals surface area contributed by atoms with E-state index >= 15 is 0 Å². The number of allylic oxidation sites excluding steroid dienone is 2. The lowest BCUT2D eigenvalue weighted by Crippen LogP contribution is -2.44. The van der Waals surface area contributed by atoms with Crippen LogP contribution in [0.5, 0.6) is 0 Å². The third-order valence-corrected chi connectivity index (χ3v) is 6.71. The summed E-state index contributed by atoms with van der Waals surface area (Å²) in [5.41, 5.74) is 5.05. The number of para-hydroxylation sites is 1. The Balaban J connectivity index is 1.96. The van der Waals surface area contributed by atoms with Crippen LogP contribution in [0.1, 0.15) is 55.7 Å². The second kappa shape index (κ2) is 7.55. The van der Waals surface area contributed by atoms with Crippen LogP contribution >= 0.6 is 23.2 Å². The summed E-state index contributed by atoms with van der Waals surface area (Å²) in [7, 11) is 0. The molecule has 0 radical (unpaired) electrons. The standard InChI is InChI=1S/C25H25Cl2NO2/c1-14-6-5-7-15(2)24(14)28-20-12-25(3,4)13-21(29)23(20)18(11-22(28)30)17-9-8-16(26)10-19(17)27/h5-10,18H,11-13H2,1-4H3. The second-order valence-electron chi connectivity index (χ2n) is 9.19. The Labute approximate surface area is 187 Å². The van der Waals surface area contributed by atoms with Crippen molar-refractivity contribution in [3.63, 3.8) is 0 Å². The molecular weight excluding hydrogens is 417 g/mol. The van der Waals surface area contributed by atoms with Gasteiger partial charge in [0.2, 0.25) is 5.91 Å². The zero-order chi connectivity index (χ0) is 21.8. The van der Waals surface area contributed by atoms with E-state index in [2.05, 4.69) is 13.8 Å². The van der Waals surface area contributed by atoms with Gasteiger partial charge < -0.3 is 0 Å². The molecule has 0 N–H and O–H groups in total. The summed E-state index contributed by atoms with van der Waals surface area (Å²) in [6.45, 7) is 8.18. The van der Waals surface area contributed by atoms with E-state index in [1.165, 1.54) is 0 Å². The average Bonchev–Trinajstić information content (AvgIpc) is 2.62. The third-order valence-electron chi connectivity index (χ3n) is 6.14. The molecule has 156 valence electrons. The van der Waals surface area contributed by atoms with Crippen LogP contribution in [-0.2, 0) is 9.59 Å². The van der Waals surface area contributed by atoms with Crippen LogP contribution in [0.3, 0.4) is 0 Å². The first-order valence-corrected chi connectivity index (χ1v) is 10.9. The van der Waals surface area contributed by atoms with Gasteiger partial charge in [0.05, 0.1) is 5.69 Å². The number of nitrogens with zero attached hydrogens (tertiary/aromatic N) is 1. The number of anilines is 1. The number of Topliss-reactive ketones (excluding diaryl/α,β-unsaturated/α-hetero) is 1. The zero-order valence-electron chi connectivity index (χ0n) is 17.7. The molecule has 0 spiro atoms. The number of hydrogen-bond donors (Lipinski definition) is 0. The largest absolute Gasteiger partial charge is 0.294 e. The number of carbonyl (C=O) groups excluding carboxylic acids is 2. The fourth-order valence-corrected chi connectivity index (χ4v) is 5.42. The van der Waals surface area contributed by atoms with Gasteiger partial charge in [0.25, 0.3) is 0 Å². The fourth-order valence-electron chi connectivity index (χ4n) is 4.88. The van der Waals surface area contributed by atoms with Crippen molar-refractivity contribution in [3.8, 4) is 0 Å². The minimum Gasteiger partial charge on any atom is -0.294 e. The maximum Gasteiger partial charge on any atom is 0.232 e. The molecule has 3 nitrogen and oxygen atoms in total. The van der Waals surface area contributed by atoms with E-state index in [0.29, 0.717) is 22.9 Å². The Morgan fingerprint density at radius 2 is 1.67 bits per heavy atom. The molecular formula is C25H25Cl2NO2. The lowest BCUT2D eigenvalue weighted by Gasteiger charge is -2.43. The smallest absolute Gasteiger partial charge is 0.232 e. The Morgan fingerprint density at radius 1 is 1.00 bits per heavy atom. The Bertz CT molecular complexity index is 1080. The van der Waals surface area contributed by atoms with Gasteiger partial charge in [-0.15, -0.1) is 0 Å². The molecule has 2 aromatic rings. The molecule has 1 heterocycles. The summed E-state index contributed by atoms with van der Waals surface area (Å²) in [5.74, 6) is -0.255. The molecule has 1 aliphatic heterocycles. The van der Waals surface area contributed by atoms with Gasteiger partial charge in [0.1, 0.15) is 0 Å². The first-order chi connectivity index (χ1) is 14.1. The van der Waals surface area contributed by atoms with E-state index in [-0.39, 0.29) is 29.4 Å². The quantitative estimate of drug-likeness (QED) is 0.515. The van der Waals surface area contributed by atoms with Gasteiger partial charge in [0, 0.05) is 40.1 Å².